The first-order chi connectivity index (χ1) is 7.59. The average Bonchev–Trinajstić information content (AvgIpc) is 2.27. The summed E-state index contributed by atoms with van der Waals surface area (Å²) in [5.41, 5.74) is 0. The van der Waals surface area contributed by atoms with E-state index in [0.717, 1.165) is 38.3 Å². The van der Waals surface area contributed by atoms with Crippen LogP contribution in [0.2, 0.25) is 0 Å². The summed E-state index contributed by atoms with van der Waals surface area (Å²) in [6, 6.07) is 0.317. The quantitative estimate of drug-likeness (QED) is 0.799. The Morgan fingerprint density at radius 2 is 2.06 bits per heavy atom. The molecule has 1 fully saturated rings. The highest BCUT2D eigenvalue weighted by Gasteiger charge is 2.21. The minimum Gasteiger partial charge on any atom is -0.353 e. The molecule has 0 aromatic carbocycles. The van der Waals surface area contributed by atoms with Gasteiger partial charge in [-0.15, -0.1) is 12.4 Å². The van der Waals surface area contributed by atoms with Crippen molar-refractivity contribution in [1.82, 2.24) is 10.6 Å². The fraction of sp³-hybridized carbons (Fsp3) is 0.923. The van der Waals surface area contributed by atoms with Crippen molar-refractivity contribution < 1.29 is 4.79 Å². The maximum Gasteiger partial charge on any atom is 0.224 e. The van der Waals surface area contributed by atoms with Gasteiger partial charge >= 0.3 is 0 Å². The van der Waals surface area contributed by atoms with Gasteiger partial charge in [0.05, 0.1) is 5.92 Å². The number of carbonyl (C=O) groups excluding carboxylic acids is 1. The summed E-state index contributed by atoms with van der Waals surface area (Å²) in [4.78, 5) is 11.9. The highest BCUT2D eigenvalue weighted by Crippen LogP contribution is 2.11. The summed E-state index contributed by atoms with van der Waals surface area (Å²) in [5.74, 6) is 1.15. The molecule has 102 valence electrons. The van der Waals surface area contributed by atoms with Crippen LogP contribution in [-0.2, 0) is 4.79 Å². The van der Waals surface area contributed by atoms with Gasteiger partial charge in [0, 0.05) is 12.6 Å². The first-order valence-electron chi connectivity index (χ1n) is 6.60. The fourth-order valence-electron chi connectivity index (χ4n) is 2.09. The van der Waals surface area contributed by atoms with E-state index < -0.39 is 0 Å². The van der Waals surface area contributed by atoms with Gasteiger partial charge < -0.3 is 10.6 Å². The van der Waals surface area contributed by atoms with E-state index in [9.17, 15) is 4.79 Å². The van der Waals surface area contributed by atoms with Crippen molar-refractivity contribution in [2.75, 3.05) is 13.1 Å². The summed E-state index contributed by atoms with van der Waals surface area (Å²) in [6.07, 6.45) is 4.43. The molecule has 17 heavy (non-hydrogen) atoms. The van der Waals surface area contributed by atoms with Gasteiger partial charge in [0.25, 0.3) is 0 Å². The van der Waals surface area contributed by atoms with Gasteiger partial charge in [0.2, 0.25) is 5.91 Å². The molecule has 0 saturated carbocycles. The van der Waals surface area contributed by atoms with Crippen LogP contribution >= 0.6 is 12.4 Å². The lowest BCUT2D eigenvalue weighted by molar-refractivity contribution is -0.126. The summed E-state index contributed by atoms with van der Waals surface area (Å²) in [7, 11) is 0. The van der Waals surface area contributed by atoms with E-state index in [1.165, 1.54) is 6.42 Å². The molecule has 0 radical (unpaired) electrons. The van der Waals surface area contributed by atoms with Gasteiger partial charge in [-0.1, -0.05) is 13.8 Å². The van der Waals surface area contributed by atoms with Gasteiger partial charge in [-0.05, 0) is 45.1 Å². The van der Waals surface area contributed by atoms with E-state index in [-0.39, 0.29) is 24.2 Å². The molecule has 1 amide bonds. The lowest BCUT2D eigenvalue weighted by atomic mass is 9.98. The highest BCUT2D eigenvalue weighted by atomic mass is 35.5. The molecule has 2 atom stereocenters. The van der Waals surface area contributed by atoms with Crippen LogP contribution in [-0.4, -0.2) is 25.0 Å². The molecule has 1 saturated heterocycles. The second-order valence-electron chi connectivity index (χ2n) is 5.42. The molecule has 2 unspecified atom stereocenters. The lowest BCUT2D eigenvalue weighted by Gasteiger charge is -2.24. The van der Waals surface area contributed by atoms with Gasteiger partial charge in [-0.2, -0.15) is 0 Å². The van der Waals surface area contributed by atoms with Crippen LogP contribution in [0.4, 0.5) is 0 Å². The van der Waals surface area contributed by atoms with E-state index >= 15 is 0 Å². The van der Waals surface area contributed by atoms with Crippen molar-refractivity contribution in [3.63, 3.8) is 0 Å². The van der Waals surface area contributed by atoms with Crippen LogP contribution in [0.15, 0.2) is 0 Å². The molecular weight excluding hydrogens is 236 g/mol. The van der Waals surface area contributed by atoms with Gasteiger partial charge in [-0.3, -0.25) is 4.79 Å². The van der Waals surface area contributed by atoms with Crippen LogP contribution in [0.25, 0.3) is 0 Å². The number of hydrogen-bond donors (Lipinski definition) is 2. The Balaban J connectivity index is 0.00000256. The van der Waals surface area contributed by atoms with E-state index in [0.29, 0.717) is 6.04 Å². The summed E-state index contributed by atoms with van der Waals surface area (Å²) in [5, 5.41) is 6.40. The topological polar surface area (TPSA) is 41.1 Å². The number of nitrogens with one attached hydrogen (secondary N) is 2. The molecule has 3 nitrogen and oxygen atoms in total. The number of hydrogen-bond acceptors (Lipinski definition) is 2. The maximum absolute atomic E-state index is 11.9. The minimum atomic E-state index is 0. The SMILES string of the molecule is CC(C)CCC(C)NC(=O)C1CCCNC1.Cl. The number of carbonyl (C=O) groups is 1. The summed E-state index contributed by atoms with van der Waals surface area (Å²) in [6.45, 7) is 8.46. The number of amides is 1. The third-order valence-corrected chi connectivity index (χ3v) is 3.23. The predicted molar refractivity (Wildman–Crippen MR) is 74.5 cm³/mol. The number of halogens is 1. The Hall–Kier alpha value is -0.280. The van der Waals surface area contributed by atoms with Crippen molar-refractivity contribution in [1.29, 1.82) is 0 Å². The van der Waals surface area contributed by atoms with Crippen molar-refractivity contribution >= 4 is 18.3 Å². The molecule has 1 rings (SSSR count). The second-order valence-corrected chi connectivity index (χ2v) is 5.42. The molecule has 0 aromatic rings. The van der Waals surface area contributed by atoms with Crippen molar-refractivity contribution in [3.8, 4) is 0 Å². The zero-order valence-corrected chi connectivity index (χ0v) is 12.1. The Labute approximate surface area is 112 Å². The fourth-order valence-corrected chi connectivity index (χ4v) is 2.09. The zero-order valence-electron chi connectivity index (χ0n) is 11.3. The molecule has 0 aliphatic carbocycles. The largest absolute Gasteiger partial charge is 0.353 e. The summed E-state index contributed by atoms with van der Waals surface area (Å²) >= 11 is 0. The van der Waals surface area contributed by atoms with E-state index in [4.69, 9.17) is 0 Å². The highest BCUT2D eigenvalue weighted by molar-refractivity contribution is 5.85. The van der Waals surface area contributed by atoms with Crippen LogP contribution in [0.5, 0.6) is 0 Å². The van der Waals surface area contributed by atoms with Crippen molar-refractivity contribution in [3.05, 3.63) is 0 Å². The molecule has 1 aliphatic heterocycles. The Morgan fingerprint density at radius 3 is 2.59 bits per heavy atom. The Bertz CT molecular complexity index is 215. The molecular formula is C13H27ClN2O. The van der Waals surface area contributed by atoms with Gasteiger partial charge in [-0.25, -0.2) is 0 Å². The molecule has 4 heteroatoms. The summed E-state index contributed by atoms with van der Waals surface area (Å²) < 4.78 is 0. The van der Waals surface area contributed by atoms with E-state index in [1.54, 1.807) is 0 Å². The number of rotatable bonds is 5. The molecule has 1 heterocycles. The minimum absolute atomic E-state index is 0. The van der Waals surface area contributed by atoms with Crippen LogP contribution < -0.4 is 10.6 Å². The van der Waals surface area contributed by atoms with Crippen molar-refractivity contribution in [2.45, 2.75) is 52.5 Å². The normalized spacial score (nSPS) is 21.8. The van der Waals surface area contributed by atoms with Crippen LogP contribution in [0, 0.1) is 11.8 Å². The lowest BCUT2D eigenvalue weighted by Crippen LogP contribution is -2.43. The van der Waals surface area contributed by atoms with Crippen LogP contribution in [0.1, 0.15) is 46.5 Å². The Kier molecular flexibility index (Phi) is 8.61. The van der Waals surface area contributed by atoms with E-state index in [1.807, 2.05) is 0 Å². The van der Waals surface area contributed by atoms with Crippen molar-refractivity contribution in [2.24, 2.45) is 11.8 Å². The molecule has 0 bridgehead atoms. The van der Waals surface area contributed by atoms with Gasteiger partial charge in [0.15, 0.2) is 0 Å². The molecule has 2 N–H and O–H groups in total. The first kappa shape index (κ1) is 16.7. The monoisotopic (exact) mass is 262 g/mol. The standard InChI is InChI=1S/C13H26N2O.ClH/c1-10(2)6-7-11(3)15-13(16)12-5-4-8-14-9-12;/h10-12,14H,4-9H2,1-3H3,(H,15,16);1H. The number of piperidine rings is 1. The third-order valence-electron chi connectivity index (χ3n) is 3.23. The molecule has 1 aliphatic rings. The smallest absolute Gasteiger partial charge is 0.224 e. The second kappa shape index (κ2) is 8.76. The molecule has 0 aromatic heterocycles. The average molecular weight is 263 g/mol. The van der Waals surface area contributed by atoms with E-state index in [2.05, 4.69) is 31.4 Å². The third kappa shape index (κ3) is 6.89. The van der Waals surface area contributed by atoms with Crippen LogP contribution in [0.3, 0.4) is 0 Å². The maximum atomic E-state index is 11.9. The van der Waals surface area contributed by atoms with Gasteiger partial charge in [0.1, 0.15) is 0 Å². The Morgan fingerprint density at radius 1 is 1.35 bits per heavy atom. The predicted octanol–water partition coefficient (Wildman–Crippen LogP) is 2.35. The first-order valence-corrected chi connectivity index (χ1v) is 6.60. The molecule has 0 spiro atoms. The zero-order chi connectivity index (χ0) is 12.0.